The highest BCUT2D eigenvalue weighted by molar-refractivity contribution is 4.24. The van der Waals surface area contributed by atoms with E-state index in [-0.39, 0.29) is 0 Å². The zero-order valence-electron chi connectivity index (χ0n) is 9.47. The second-order valence-electron chi connectivity index (χ2n) is 2.18. The lowest BCUT2D eigenvalue weighted by molar-refractivity contribution is 0.0584. The van der Waals surface area contributed by atoms with Crippen molar-refractivity contribution in [1.82, 2.24) is 0 Å². The van der Waals surface area contributed by atoms with Crippen molar-refractivity contribution in [3.05, 3.63) is 0 Å². The molecule has 0 aliphatic heterocycles. The molecule has 0 aliphatic rings. The molecule has 0 unspecified atom stereocenters. The molecule has 0 N–H and O–H groups in total. The van der Waals surface area contributed by atoms with Crippen LogP contribution in [0.5, 0.6) is 0 Å². The Bertz CT molecular complexity index is 59.2. The molecule has 0 fully saturated rings. The summed E-state index contributed by atoms with van der Waals surface area (Å²) < 4.78 is 14.9. The van der Waals surface area contributed by atoms with Gasteiger partial charge in [-0.2, -0.15) is 0 Å². The van der Waals surface area contributed by atoms with Gasteiger partial charge >= 0.3 is 0 Å². The largest absolute Gasteiger partial charge is 0.382 e. The number of hydrogen-bond acceptors (Lipinski definition) is 3. The van der Waals surface area contributed by atoms with Crippen LogP contribution in [0.15, 0.2) is 0 Å². The minimum atomic E-state index is 0.727. The molecule has 0 radical (unpaired) electrons. The molecule has 0 aromatic heterocycles. The molecule has 0 spiro atoms. The van der Waals surface area contributed by atoms with E-state index in [4.69, 9.17) is 14.2 Å². The molecule has 3 heteroatoms. The van der Waals surface area contributed by atoms with Crippen LogP contribution in [0.1, 0.15) is 27.7 Å². The summed E-state index contributed by atoms with van der Waals surface area (Å²) in [5.74, 6) is 0. The van der Waals surface area contributed by atoms with Crippen molar-refractivity contribution in [1.29, 1.82) is 0 Å². The van der Waals surface area contributed by atoms with Gasteiger partial charge in [0.15, 0.2) is 0 Å². The van der Waals surface area contributed by atoms with E-state index < -0.39 is 0 Å². The highest BCUT2D eigenvalue weighted by atomic mass is 16.5. The van der Waals surface area contributed by atoms with Crippen LogP contribution in [0.2, 0.25) is 0 Å². The van der Waals surface area contributed by atoms with E-state index in [2.05, 4.69) is 0 Å². The Hall–Kier alpha value is -0.120. The highest BCUT2D eigenvalue weighted by Gasteiger charge is 1.81. The lowest BCUT2D eigenvalue weighted by Crippen LogP contribution is -2.02. The molecular weight excluding hydrogens is 168 g/mol. The molecule has 0 saturated carbocycles. The average molecular weight is 192 g/mol. The summed E-state index contributed by atoms with van der Waals surface area (Å²) in [5, 5.41) is 0. The van der Waals surface area contributed by atoms with E-state index in [0.29, 0.717) is 0 Å². The van der Waals surface area contributed by atoms with Crippen LogP contribution in [0.4, 0.5) is 0 Å². The summed E-state index contributed by atoms with van der Waals surface area (Å²) in [5.41, 5.74) is 0. The second kappa shape index (κ2) is 17.8. The van der Waals surface area contributed by atoms with Gasteiger partial charge in [0.25, 0.3) is 0 Å². The Kier molecular flexibility index (Phi) is 21.1. The van der Waals surface area contributed by atoms with E-state index >= 15 is 0 Å². The summed E-state index contributed by atoms with van der Waals surface area (Å²) in [7, 11) is 0. The maximum Gasteiger partial charge on any atom is 0.0700 e. The van der Waals surface area contributed by atoms with Crippen molar-refractivity contribution in [2.45, 2.75) is 27.7 Å². The van der Waals surface area contributed by atoms with Crippen molar-refractivity contribution >= 4 is 0 Å². The van der Waals surface area contributed by atoms with E-state index in [1.807, 2.05) is 27.7 Å². The fourth-order valence-electron chi connectivity index (χ4n) is 0.611. The zero-order chi connectivity index (χ0) is 10.4. The van der Waals surface area contributed by atoms with Crippen LogP contribution in [0, 0.1) is 0 Å². The molecular formula is C10H24O3. The molecule has 0 amide bonds. The van der Waals surface area contributed by atoms with Gasteiger partial charge in [0, 0.05) is 26.4 Å². The standard InChI is InChI=1S/C6H14O2.C4H10O/c1-3-7-5-6-8-4-2;1-3-5-4-2/h3-6H2,1-2H3;3-4H2,1-2H3. The van der Waals surface area contributed by atoms with Crippen LogP contribution in [-0.4, -0.2) is 39.6 Å². The molecule has 0 saturated heterocycles. The predicted octanol–water partition coefficient (Wildman–Crippen LogP) is 2.10. The molecule has 0 atom stereocenters. The summed E-state index contributed by atoms with van der Waals surface area (Å²) in [6.45, 7) is 12.6. The van der Waals surface area contributed by atoms with E-state index in [1.54, 1.807) is 0 Å². The Balaban J connectivity index is 0. The summed E-state index contributed by atoms with van der Waals surface area (Å²) >= 11 is 0. The third kappa shape index (κ3) is 24.5. The van der Waals surface area contributed by atoms with E-state index in [9.17, 15) is 0 Å². The first-order valence-electron chi connectivity index (χ1n) is 5.06. The molecule has 13 heavy (non-hydrogen) atoms. The fourth-order valence-corrected chi connectivity index (χ4v) is 0.611. The highest BCUT2D eigenvalue weighted by Crippen LogP contribution is 1.75. The van der Waals surface area contributed by atoms with Gasteiger partial charge in [-0.05, 0) is 27.7 Å². The topological polar surface area (TPSA) is 27.7 Å². The quantitative estimate of drug-likeness (QED) is 0.578. The van der Waals surface area contributed by atoms with Crippen molar-refractivity contribution in [3.63, 3.8) is 0 Å². The first-order valence-corrected chi connectivity index (χ1v) is 5.06. The van der Waals surface area contributed by atoms with Crippen molar-refractivity contribution in [3.8, 4) is 0 Å². The third-order valence-corrected chi connectivity index (χ3v) is 1.19. The first-order chi connectivity index (χ1) is 6.33. The van der Waals surface area contributed by atoms with Gasteiger partial charge in [0.05, 0.1) is 13.2 Å². The average Bonchev–Trinajstić information content (AvgIpc) is 2.15. The molecule has 0 aliphatic carbocycles. The van der Waals surface area contributed by atoms with Gasteiger partial charge in [0.1, 0.15) is 0 Å². The van der Waals surface area contributed by atoms with Crippen LogP contribution in [0.25, 0.3) is 0 Å². The van der Waals surface area contributed by atoms with Gasteiger partial charge < -0.3 is 14.2 Å². The number of hydrogen-bond donors (Lipinski definition) is 0. The van der Waals surface area contributed by atoms with Crippen LogP contribution < -0.4 is 0 Å². The number of ether oxygens (including phenoxy) is 3. The molecule has 0 heterocycles. The first kappa shape index (κ1) is 15.4. The normalized spacial score (nSPS) is 9.23. The lowest BCUT2D eigenvalue weighted by Gasteiger charge is -1.99. The summed E-state index contributed by atoms with van der Waals surface area (Å²) in [6.07, 6.45) is 0. The van der Waals surface area contributed by atoms with Crippen LogP contribution >= 0.6 is 0 Å². The monoisotopic (exact) mass is 192 g/mol. The van der Waals surface area contributed by atoms with Crippen molar-refractivity contribution < 1.29 is 14.2 Å². The van der Waals surface area contributed by atoms with Crippen LogP contribution in [0.3, 0.4) is 0 Å². The summed E-state index contributed by atoms with van der Waals surface area (Å²) in [6, 6.07) is 0. The van der Waals surface area contributed by atoms with Crippen molar-refractivity contribution in [2.24, 2.45) is 0 Å². The second-order valence-corrected chi connectivity index (χ2v) is 2.18. The van der Waals surface area contributed by atoms with Gasteiger partial charge in [-0.1, -0.05) is 0 Å². The van der Waals surface area contributed by atoms with Crippen LogP contribution in [-0.2, 0) is 14.2 Å². The number of rotatable bonds is 7. The maximum absolute atomic E-state index is 5.01. The third-order valence-electron chi connectivity index (χ3n) is 1.19. The molecule has 0 aromatic rings. The predicted molar refractivity (Wildman–Crippen MR) is 55.2 cm³/mol. The molecule has 0 aromatic carbocycles. The Morgan fingerprint density at radius 3 is 1.00 bits per heavy atom. The molecule has 82 valence electrons. The zero-order valence-corrected chi connectivity index (χ0v) is 9.47. The minimum absolute atomic E-state index is 0.727. The van der Waals surface area contributed by atoms with E-state index in [0.717, 1.165) is 39.6 Å². The Morgan fingerprint density at radius 1 is 0.538 bits per heavy atom. The van der Waals surface area contributed by atoms with Gasteiger partial charge in [0.2, 0.25) is 0 Å². The Labute approximate surface area is 82.4 Å². The SMILES string of the molecule is CCOCC.CCOCCOCC. The Morgan fingerprint density at radius 2 is 0.846 bits per heavy atom. The molecule has 0 bridgehead atoms. The van der Waals surface area contributed by atoms with Gasteiger partial charge in [-0.3, -0.25) is 0 Å². The minimum Gasteiger partial charge on any atom is -0.382 e. The lowest BCUT2D eigenvalue weighted by atomic mass is 10.7. The smallest absolute Gasteiger partial charge is 0.0700 e. The molecule has 3 nitrogen and oxygen atoms in total. The van der Waals surface area contributed by atoms with Crippen molar-refractivity contribution in [2.75, 3.05) is 39.6 Å². The van der Waals surface area contributed by atoms with Gasteiger partial charge in [-0.25, -0.2) is 0 Å². The van der Waals surface area contributed by atoms with Gasteiger partial charge in [-0.15, -0.1) is 0 Å². The maximum atomic E-state index is 5.01. The van der Waals surface area contributed by atoms with E-state index in [1.165, 1.54) is 0 Å². The summed E-state index contributed by atoms with van der Waals surface area (Å²) in [4.78, 5) is 0. The molecule has 0 rings (SSSR count). The fraction of sp³-hybridized carbons (Fsp3) is 1.00.